The number of azo groups is 2. The number of aromatic hydroxyl groups is 3. The van der Waals surface area contributed by atoms with Gasteiger partial charge in [-0.05, 0) is 198 Å². The van der Waals surface area contributed by atoms with Crippen LogP contribution >= 0.6 is 42.6 Å². The summed E-state index contributed by atoms with van der Waals surface area (Å²) in [7, 11) is -0.630. The Morgan fingerprint density at radius 3 is 1.27 bits per heavy atom. The first-order valence-electron chi connectivity index (χ1n) is 35.8. The molecule has 14 aromatic rings. The van der Waals surface area contributed by atoms with Gasteiger partial charge in [-0.3, -0.25) is 33.3 Å². The molecule has 14 rings (SSSR count). The lowest BCUT2D eigenvalue weighted by atomic mass is 10.0. The van der Waals surface area contributed by atoms with E-state index in [1.807, 2.05) is 38.1 Å². The van der Waals surface area contributed by atoms with Crippen LogP contribution in [0.25, 0.3) is 48.1 Å². The first kappa shape index (κ1) is 90.8. The molecule has 14 N–H and O–H groups in total. The molecule has 0 aromatic heterocycles. The van der Waals surface area contributed by atoms with Crippen molar-refractivity contribution in [1.29, 1.82) is 5.39 Å². The maximum atomic E-state index is 13.1. The van der Waals surface area contributed by atoms with Crippen molar-refractivity contribution in [3.63, 3.8) is 0 Å². The number of amides is 5. The zero-order valence-electron chi connectivity index (χ0n) is 65.4. The number of nitrogens with one attached hydrogen (secondary N) is 3. The first-order chi connectivity index (χ1) is 57.9. The van der Waals surface area contributed by atoms with Crippen LogP contribution in [-0.2, 0) is 9.36 Å². The van der Waals surface area contributed by atoms with Gasteiger partial charge in [-0.2, -0.15) is 0 Å². The van der Waals surface area contributed by atoms with Gasteiger partial charge in [0.1, 0.15) is 51.4 Å². The number of aldehydes is 1. The minimum atomic E-state index is -5.08. The second-order valence-electron chi connectivity index (χ2n) is 26.0. The molecule has 0 aliphatic heterocycles. The van der Waals surface area contributed by atoms with Gasteiger partial charge in [-0.1, -0.05) is 120 Å². The van der Waals surface area contributed by atoms with Crippen LogP contribution in [0.2, 0.25) is 15.1 Å². The molecule has 0 aliphatic rings. The summed E-state index contributed by atoms with van der Waals surface area (Å²) >= 11 is 17.8. The number of carbonyl (C=O) groups is 6. The van der Waals surface area contributed by atoms with Crippen LogP contribution in [0.5, 0.6) is 40.2 Å². The number of primary amides is 2. The van der Waals surface area contributed by atoms with E-state index in [4.69, 9.17) is 70.8 Å². The zero-order chi connectivity index (χ0) is 87.4. The average molecular weight is 1720 g/mol. The fraction of sp³-hybridized carbons (Fsp3) is 0.0674. The Bertz CT molecular complexity index is 6560. The van der Waals surface area contributed by atoms with Crippen LogP contribution in [0.15, 0.2) is 263 Å². The molecule has 14 aromatic carbocycles. The van der Waals surface area contributed by atoms with Crippen LogP contribution in [0, 0.1) is 26.2 Å². The molecule has 1 unspecified atom stereocenters. The monoisotopic (exact) mass is 1720 g/mol. The number of rotatable bonds is 19. The topological polar surface area (TPSA) is 478 Å². The Balaban J connectivity index is 0.000000178. The number of nitrogens with zero attached hydrogens (tertiary/aromatic N) is 6. The number of hydrogen-bond acceptors (Lipinski definition) is 22. The molecule has 122 heavy (non-hydrogen) atoms. The van der Waals surface area contributed by atoms with Crippen molar-refractivity contribution < 1.29 is 82.0 Å². The maximum absolute atomic E-state index is 13.1. The van der Waals surface area contributed by atoms with Gasteiger partial charge in [0.15, 0.2) is 22.7 Å². The normalized spacial score (nSPS) is 11.1. The highest BCUT2D eigenvalue weighted by Gasteiger charge is 2.25. The molecule has 616 valence electrons. The minimum absolute atomic E-state index is 0. The van der Waals surface area contributed by atoms with Gasteiger partial charge < -0.3 is 77.4 Å². The molecule has 33 heteroatoms. The summed E-state index contributed by atoms with van der Waals surface area (Å²) in [6.07, 6.45) is 2.30. The highest BCUT2D eigenvalue weighted by atomic mass is 35.5. The van der Waals surface area contributed by atoms with E-state index in [9.17, 15) is 58.3 Å². The van der Waals surface area contributed by atoms with E-state index >= 15 is 0 Å². The maximum Gasteiger partial charge on any atom is 0.399 e. The van der Waals surface area contributed by atoms with E-state index < -0.39 is 31.5 Å². The van der Waals surface area contributed by atoms with Crippen LogP contribution in [0.3, 0.4) is 0 Å². The lowest BCUT2D eigenvalue weighted by Gasteiger charge is -2.20. The SMILES string of the molecule is COc1ccc(C(N)=O)c(N=Nc2c(O)c(C(=O)Nc3ccc(Cl)cc3C)cc3ccccc23)c1.COc1ccc(C(N)=O)c(N=Nc2c(O)c([C+]=O)cc3ccccc23)c1.COc1ccc(C=O)c([N+]#N)c1.Cc1cc(Cl)ccc1NC(=O)c1cc2ccccc2cc1O.Cc1cc(Cl)ccc1NC(=O)c1cc2ccccc2cc1OP(=O)([O-])O.N. The average Bonchev–Trinajstić information content (AvgIpc) is 0.779. The molecule has 0 heterocycles. The molecule has 0 aliphatic carbocycles. The summed E-state index contributed by atoms with van der Waals surface area (Å²) in [6.45, 7) is 5.45. The number of phenolic OH excluding ortho intramolecular Hbond substituents is 3. The summed E-state index contributed by atoms with van der Waals surface area (Å²) in [6, 6.07) is 67.1. The fourth-order valence-corrected chi connectivity index (χ4v) is 12.9. The van der Waals surface area contributed by atoms with Crippen molar-refractivity contribution in [2.45, 2.75) is 20.8 Å². The molecule has 5 amide bonds. The fourth-order valence-electron chi connectivity index (χ4n) is 11.9. The second kappa shape index (κ2) is 41.4. The molecule has 0 saturated heterocycles. The van der Waals surface area contributed by atoms with Crippen LogP contribution in [0.1, 0.15) is 84.4 Å². The Labute approximate surface area is 711 Å². The summed E-state index contributed by atoms with van der Waals surface area (Å²) in [5.74, 6) is -2.37. The van der Waals surface area contributed by atoms with Gasteiger partial charge in [0, 0.05) is 60.4 Å². The molecule has 0 fully saturated rings. The molecule has 1 atom stereocenters. The number of hydrogen-bond donors (Lipinski definition) is 10. The molecule has 0 bridgehead atoms. The predicted octanol–water partition coefficient (Wildman–Crippen LogP) is 20.6. The number of carbonyl (C=O) groups excluding carboxylic acids is 7. The third-order valence-corrected chi connectivity index (χ3v) is 19.1. The minimum Gasteiger partial charge on any atom is -0.746 e. The van der Waals surface area contributed by atoms with E-state index in [1.165, 1.54) is 75.9 Å². The Hall–Kier alpha value is -15.1. The lowest BCUT2D eigenvalue weighted by molar-refractivity contribution is -0.211. The van der Waals surface area contributed by atoms with Gasteiger partial charge >= 0.3 is 19.8 Å². The van der Waals surface area contributed by atoms with E-state index in [0.717, 1.165) is 32.8 Å². The Morgan fingerprint density at radius 2 is 0.852 bits per heavy atom. The summed E-state index contributed by atoms with van der Waals surface area (Å²) in [5, 5.41) is 72.1. The van der Waals surface area contributed by atoms with Crippen LogP contribution in [-0.4, -0.2) is 83.7 Å². The number of phosphoric ester groups is 1. The Morgan fingerprint density at radius 1 is 0.475 bits per heavy atom. The number of fused-ring (bicyclic) bond motifs is 4. The quantitative estimate of drug-likeness (QED) is 0.0118. The molecule has 29 nitrogen and oxygen atoms in total. The van der Waals surface area contributed by atoms with Crippen molar-refractivity contribution in [3.8, 4) is 40.2 Å². The number of methoxy groups -OCH3 is 3. The van der Waals surface area contributed by atoms with Gasteiger partial charge in [0.25, 0.3) is 40.8 Å². The molecular formula is C89H73Cl3N12O17P+. The van der Waals surface area contributed by atoms with E-state index in [2.05, 4.69) is 45.9 Å². The number of aryl methyl sites for hydroxylation is 3. The van der Waals surface area contributed by atoms with E-state index in [1.54, 1.807) is 177 Å². The highest BCUT2D eigenvalue weighted by molar-refractivity contribution is 7.45. The number of nitrogens with two attached hydrogens (primary N) is 2. The van der Waals surface area contributed by atoms with Crippen molar-refractivity contribution >= 4 is 173 Å². The smallest absolute Gasteiger partial charge is 0.399 e. The predicted molar refractivity (Wildman–Crippen MR) is 468 cm³/mol. The third-order valence-electron chi connectivity index (χ3n) is 18.0. The number of anilines is 3. The largest absolute Gasteiger partial charge is 0.746 e. The highest BCUT2D eigenvalue weighted by Crippen LogP contribution is 2.44. The van der Waals surface area contributed by atoms with Crippen LogP contribution < -0.4 is 57.2 Å². The van der Waals surface area contributed by atoms with Crippen molar-refractivity contribution in [1.82, 2.24) is 6.15 Å². The van der Waals surface area contributed by atoms with Gasteiger partial charge in [-0.15, -0.1) is 25.3 Å². The molecule has 0 saturated carbocycles. The Kier molecular flexibility index (Phi) is 30.8. The number of halogens is 3. The summed E-state index contributed by atoms with van der Waals surface area (Å²) in [5.41, 5.74) is 16.5. The molecular weight excluding hydrogens is 1650 g/mol. The standard InChI is InChI=1S/C26H21ClN4O4.C19H13N3O4.C18H15ClNO5P.C18H14ClNO2.C8H7N2O2.H3N/c1-14-11-16(27)7-10-21(14)29-26(34)20-12-15-5-3-4-6-18(15)23(24(20)32)31-30-22-13-17(35-2)8-9-19(22)25(28)33;1-26-13-6-7-15(19(20)25)16(9-13)21-22-17-14-5-3-2-4-11(14)8-12(10-23)18(17)24;1-11-8-14(19)6-7-16(11)20-18(21)15-9-12-4-2-3-5-13(12)10-17(15)25-26(22,23)24;1-11-8-14(19)6-7-16(11)20-18(22)15-9-12-4-2-3-5-13(12)10-17(15)21;1-12-7-3-2-6(5-11)8(4-7)10-9;/h3-13,32H,1-2H3,(H2,28,33)(H,29,34);2-9H,1H3,(H2-,20,21,23,24,25);2-10H,1H3,(H,20,21)(H2,22,23,24);2-10,21H,1H3,(H,20,22);2-5H,1H3;1H3/q;;;;+1;. The number of benzene rings is 14. The van der Waals surface area contributed by atoms with Crippen molar-refractivity contribution in [2.75, 3.05) is 37.3 Å². The van der Waals surface area contributed by atoms with Gasteiger partial charge in [-0.25, -0.2) is 0 Å². The van der Waals surface area contributed by atoms with Crippen molar-refractivity contribution in [3.05, 3.63) is 318 Å². The van der Waals surface area contributed by atoms with Crippen LogP contribution in [0.4, 0.5) is 45.5 Å². The zero-order valence-corrected chi connectivity index (χ0v) is 68.6. The molecule has 0 radical (unpaired) electrons. The number of diazo groups is 1. The van der Waals surface area contributed by atoms with E-state index in [0.29, 0.717) is 88.2 Å². The summed E-state index contributed by atoms with van der Waals surface area (Å²) < 4.78 is 31.0. The lowest BCUT2D eigenvalue weighted by Crippen LogP contribution is -2.15. The van der Waals surface area contributed by atoms with Gasteiger partial charge in [0.2, 0.25) is 5.39 Å². The number of phenols is 3. The third kappa shape index (κ3) is 23.0. The first-order valence-corrected chi connectivity index (χ1v) is 38.4. The second-order valence-corrected chi connectivity index (χ2v) is 28.5. The van der Waals surface area contributed by atoms with Gasteiger partial charge in [0.05, 0.1) is 61.3 Å². The van der Waals surface area contributed by atoms with Crippen molar-refractivity contribution in [2.24, 2.45) is 31.9 Å². The van der Waals surface area contributed by atoms with E-state index in [-0.39, 0.29) is 96.9 Å². The molecule has 0 spiro atoms. The number of ether oxygens (including phenoxy) is 3. The summed E-state index contributed by atoms with van der Waals surface area (Å²) in [4.78, 5) is 106. The number of phosphoric acid groups is 1.